The van der Waals surface area contributed by atoms with Crippen LogP contribution in [0, 0.1) is 0 Å². The van der Waals surface area contributed by atoms with E-state index in [1.54, 1.807) is 30.5 Å². The molecule has 0 amide bonds. The third-order valence-corrected chi connectivity index (χ3v) is 5.54. The first kappa shape index (κ1) is 16.5. The smallest absolute Gasteiger partial charge is 0.139 e. The van der Waals surface area contributed by atoms with Gasteiger partial charge in [-0.3, -0.25) is 0 Å². The summed E-state index contributed by atoms with van der Waals surface area (Å²) < 4.78 is 0. The fraction of sp³-hybridized carbons (Fsp3) is 0.333. The number of piperidine rings is 1. The van der Waals surface area contributed by atoms with E-state index in [1.165, 1.54) is 4.90 Å². The van der Waals surface area contributed by atoms with Crippen LogP contribution in [0.1, 0.15) is 24.6 Å². The number of aromatic nitrogens is 4. The van der Waals surface area contributed by atoms with Crippen LogP contribution in [0.3, 0.4) is 0 Å². The number of hydrogen-bond donors (Lipinski definition) is 0. The van der Waals surface area contributed by atoms with E-state index in [9.17, 15) is 0 Å². The molecule has 0 N–H and O–H groups in total. The van der Waals surface area contributed by atoms with E-state index < -0.39 is 0 Å². The Morgan fingerprint density at radius 1 is 1.08 bits per heavy atom. The van der Waals surface area contributed by atoms with Crippen molar-refractivity contribution in [1.29, 1.82) is 0 Å². The van der Waals surface area contributed by atoms with Gasteiger partial charge in [-0.05, 0) is 37.3 Å². The number of rotatable bonds is 3. The van der Waals surface area contributed by atoms with Gasteiger partial charge < -0.3 is 4.90 Å². The van der Waals surface area contributed by atoms with Crippen molar-refractivity contribution >= 4 is 40.1 Å². The van der Waals surface area contributed by atoms with Crippen LogP contribution in [0.25, 0.3) is 10.9 Å². The zero-order valence-electron chi connectivity index (χ0n) is 13.9. The third kappa shape index (κ3) is 3.41. The predicted molar refractivity (Wildman–Crippen MR) is 103 cm³/mol. The maximum atomic E-state index is 5.88. The highest BCUT2D eigenvalue weighted by molar-refractivity contribution is 7.98. The predicted octanol–water partition coefficient (Wildman–Crippen LogP) is 4.18. The molecule has 3 heterocycles. The summed E-state index contributed by atoms with van der Waals surface area (Å²) in [6.07, 6.45) is 9.12. The topological polar surface area (TPSA) is 54.8 Å². The van der Waals surface area contributed by atoms with Crippen molar-refractivity contribution in [2.24, 2.45) is 0 Å². The second-order valence-corrected chi connectivity index (χ2v) is 7.42. The molecule has 0 radical (unpaired) electrons. The van der Waals surface area contributed by atoms with Crippen molar-refractivity contribution in [2.75, 3.05) is 24.2 Å². The fourth-order valence-electron chi connectivity index (χ4n) is 3.28. The van der Waals surface area contributed by atoms with Gasteiger partial charge in [0.05, 0.1) is 10.5 Å². The second-order valence-electron chi connectivity index (χ2n) is 6.10. The molecule has 1 fully saturated rings. The summed E-state index contributed by atoms with van der Waals surface area (Å²) in [7, 11) is 0. The number of halogens is 1. The molecule has 1 saturated heterocycles. The van der Waals surface area contributed by atoms with Crippen LogP contribution in [0.15, 0.2) is 41.8 Å². The number of thioether (sulfide) groups is 1. The van der Waals surface area contributed by atoms with Crippen molar-refractivity contribution in [2.45, 2.75) is 23.7 Å². The van der Waals surface area contributed by atoms with Gasteiger partial charge in [-0.1, -0.05) is 11.6 Å². The van der Waals surface area contributed by atoms with E-state index >= 15 is 0 Å². The molecule has 0 atom stereocenters. The normalized spacial score (nSPS) is 15.7. The van der Waals surface area contributed by atoms with Crippen molar-refractivity contribution in [3.63, 3.8) is 0 Å². The molecule has 0 bridgehead atoms. The van der Waals surface area contributed by atoms with Gasteiger partial charge in [-0.2, -0.15) is 0 Å². The van der Waals surface area contributed by atoms with Gasteiger partial charge in [0, 0.05) is 41.7 Å². The first-order chi connectivity index (χ1) is 12.2. The molecule has 0 aliphatic carbocycles. The minimum absolute atomic E-state index is 0.378. The molecular weight excluding hydrogens is 354 g/mol. The summed E-state index contributed by atoms with van der Waals surface area (Å²) in [5, 5.41) is 1.70. The highest BCUT2D eigenvalue weighted by atomic mass is 35.5. The van der Waals surface area contributed by atoms with Crippen LogP contribution in [0.4, 0.5) is 5.82 Å². The Hall–Kier alpha value is -1.92. The van der Waals surface area contributed by atoms with Crippen molar-refractivity contribution < 1.29 is 0 Å². The van der Waals surface area contributed by atoms with Gasteiger partial charge in [-0.15, -0.1) is 11.8 Å². The largest absolute Gasteiger partial charge is 0.356 e. The Bertz CT molecular complexity index is 878. The monoisotopic (exact) mass is 371 g/mol. The first-order valence-corrected chi connectivity index (χ1v) is 9.86. The van der Waals surface area contributed by atoms with Crippen LogP contribution < -0.4 is 4.90 Å². The lowest BCUT2D eigenvalue weighted by atomic mass is 9.95. The van der Waals surface area contributed by atoms with Crippen LogP contribution in [0.5, 0.6) is 0 Å². The van der Waals surface area contributed by atoms with Crippen molar-refractivity contribution in [3.05, 3.63) is 47.8 Å². The number of nitrogens with zero attached hydrogens (tertiary/aromatic N) is 5. The van der Waals surface area contributed by atoms with Crippen LogP contribution in [-0.2, 0) is 0 Å². The molecule has 25 heavy (non-hydrogen) atoms. The molecule has 0 spiro atoms. The quantitative estimate of drug-likeness (QED) is 0.644. The van der Waals surface area contributed by atoms with Gasteiger partial charge >= 0.3 is 0 Å². The lowest BCUT2D eigenvalue weighted by molar-refractivity contribution is 0.484. The lowest BCUT2D eigenvalue weighted by Gasteiger charge is -2.32. The molecule has 1 aromatic carbocycles. The SMILES string of the molecule is CSc1ccc2ncnc(N3CCC(c4ncc(Cl)cn4)CC3)c2c1. The molecule has 1 aliphatic rings. The summed E-state index contributed by atoms with van der Waals surface area (Å²) in [5.41, 5.74) is 0.992. The van der Waals surface area contributed by atoms with E-state index in [0.717, 1.165) is 48.5 Å². The Kier molecular flexibility index (Phi) is 4.72. The average molecular weight is 372 g/mol. The van der Waals surface area contributed by atoms with Crippen molar-refractivity contribution in [1.82, 2.24) is 19.9 Å². The number of fused-ring (bicyclic) bond motifs is 1. The highest BCUT2D eigenvalue weighted by Crippen LogP contribution is 2.32. The molecule has 7 heteroatoms. The lowest BCUT2D eigenvalue weighted by Crippen LogP contribution is -2.34. The number of hydrogen-bond acceptors (Lipinski definition) is 6. The molecular formula is C18H18ClN5S. The Morgan fingerprint density at radius 2 is 1.84 bits per heavy atom. The molecule has 5 nitrogen and oxygen atoms in total. The van der Waals surface area contributed by atoms with Gasteiger partial charge in [0.2, 0.25) is 0 Å². The summed E-state index contributed by atoms with van der Waals surface area (Å²) in [6, 6.07) is 6.36. The highest BCUT2D eigenvalue weighted by Gasteiger charge is 2.24. The van der Waals surface area contributed by atoms with E-state index in [2.05, 4.69) is 49.3 Å². The molecule has 2 aromatic heterocycles. The standard InChI is InChI=1S/C18H18ClN5S/c1-25-14-2-3-16-15(8-14)18(23-11-22-16)24-6-4-12(5-7-24)17-20-9-13(19)10-21-17/h2-3,8-12H,4-7H2,1H3. The van der Waals surface area contributed by atoms with Crippen LogP contribution >= 0.6 is 23.4 Å². The van der Waals surface area contributed by atoms with Gasteiger partial charge in [0.15, 0.2) is 0 Å². The summed E-state index contributed by atoms with van der Waals surface area (Å²) in [6.45, 7) is 1.87. The number of benzene rings is 1. The Labute approximate surface area is 155 Å². The first-order valence-electron chi connectivity index (χ1n) is 8.26. The van der Waals surface area contributed by atoms with Gasteiger partial charge in [0.25, 0.3) is 0 Å². The molecule has 0 saturated carbocycles. The Balaban J connectivity index is 1.56. The van der Waals surface area contributed by atoms with Gasteiger partial charge in [0.1, 0.15) is 18.0 Å². The molecule has 3 aromatic rings. The maximum Gasteiger partial charge on any atom is 0.139 e. The van der Waals surface area contributed by atoms with Crippen LogP contribution in [-0.4, -0.2) is 39.3 Å². The fourth-order valence-corrected chi connectivity index (χ4v) is 3.82. The van der Waals surface area contributed by atoms with Crippen LogP contribution in [0.2, 0.25) is 5.02 Å². The molecule has 1 aliphatic heterocycles. The maximum absolute atomic E-state index is 5.88. The van der Waals surface area contributed by atoms with Crippen molar-refractivity contribution in [3.8, 4) is 0 Å². The average Bonchev–Trinajstić information content (AvgIpc) is 2.68. The minimum atomic E-state index is 0.378. The minimum Gasteiger partial charge on any atom is -0.356 e. The third-order valence-electron chi connectivity index (χ3n) is 4.62. The van der Waals surface area contributed by atoms with E-state index in [-0.39, 0.29) is 0 Å². The zero-order chi connectivity index (χ0) is 17.2. The van der Waals surface area contributed by atoms with Gasteiger partial charge in [-0.25, -0.2) is 19.9 Å². The summed E-state index contributed by atoms with van der Waals surface area (Å²) in [4.78, 5) is 21.3. The van der Waals surface area contributed by atoms with E-state index in [0.29, 0.717) is 10.9 Å². The molecule has 128 valence electrons. The second kappa shape index (κ2) is 7.14. The summed E-state index contributed by atoms with van der Waals surface area (Å²) in [5.74, 6) is 2.29. The Morgan fingerprint density at radius 3 is 2.56 bits per heavy atom. The van der Waals surface area contributed by atoms with E-state index in [4.69, 9.17) is 11.6 Å². The summed E-state index contributed by atoms with van der Waals surface area (Å²) >= 11 is 7.62. The number of anilines is 1. The zero-order valence-corrected chi connectivity index (χ0v) is 15.5. The molecule has 4 rings (SSSR count). The molecule has 0 unspecified atom stereocenters. The van der Waals surface area contributed by atoms with E-state index in [1.807, 2.05) is 0 Å².